The van der Waals surface area contributed by atoms with Crippen LogP contribution < -0.4 is 22.1 Å². The van der Waals surface area contributed by atoms with Crippen LogP contribution in [-0.4, -0.2) is 60.9 Å². The number of hydrogen-bond acceptors (Lipinski definition) is 4. The molecule has 0 unspecified atom stereocenters. The summed E-state index contributed by atoms with van der Waals surface area (Å²) in [5.74, 6) is -0.509. The van der Waals surface area contributed by atoms with Crippen molar-refractivity contribution in [2.45, 2.75) is 37.3 Å². The van der Waals surface area contributed by atoms with Gasteiger partial charge in [0.05, 0.1) is 6.04 Å². The maximum absolute atomic E-state index is 13.9. The van der Waals surface area contributed by atoms with Crippen LogP contribution in [0.1, 0.15) is 41.9 Å². The van der Waals surface area contributed by atoms with Gasteiger partial charge in [-0.3, -0.25) is 14.6 Å². The molecular formula is C33H39FN6O2. The Morgan fingerprint density at radius 1 is 1.02 bits per heavy atom. The Bertz CT molecular complexity index is 1300. The molecule has 1 saturated heterocycles. The van der Waals surface area contributed by atoms with E-state index in [0.717, 1.165) is 16.7 Å². The summed E-state index contributed by atoms with van der Waals surface area (Å²) in [6.45, 7) is 1.88. The molecule has 220 valence electrons. The maximum atomic E-state index is 13.9. The maximum Gasteiger partial charge on any atom is 0.244 e. The van der Waals surface area contributed by atoms with Crippen molar-refractivity contribution < 1.29 is 14.0 Å². The number of carbonyl (C=O) groups is 2. The number of halogens is 1. The highest BCUT2D eigenvalue weighted by atomic mass is 19.1. The first-order chi connectivity index (χ1) is 20.4. The number of nitrogens with one attached hydrogen (secondary N) is 2. The summed E-state index contributed by atoms with van der Waals surface area (Å²) in [4.78, 5) is 32.4. The van der Waals surface area contributed by atoms with Gasteiger partial charge in [0.1, 0.15) is 5.82 Å². The Labute approximate surface area is 246 Å². The molecule has 6 N–H and O–H groups in total. The van der Waals surface area contributed by atoms with Crippen LogP contribution in [-0.2, 0) is 9.59 Å². The van der Waals surface area contributed by atoms with E-state index in [1.165, 1.54) is 18.2 Å². The zero-order valence-corrected chi connectivity index (χ0v) is 23.7. The molecule has 1 fully saturated rings. The molecule has 1 aliphatic rings. The molecule has 8 nitrogen and oxygen atoms in total. The van der Waals surface area contributed by atoms with Crippen molar-refractivity contribution in [3.8, 4) is 0 Å². The van der Waals surface area contributed by atoms with Crippen molar-refractivity contribution in [2.24, 2.45) is 16.5 Å². The summed E-state index contributed by atoms with van der Waals surface area (Å²) in [7, 11) is 0. The normalized spacial score (nSPS) is 17.3. The second-order valence-corrected chi connectivity index (χ2v) is 10.4. The summed E-state index contributed by atoms with van der Waals surface area (Å²) < 4.78 is 13.2. The Morgan fingerprint density at radius 2 is 1.67 bits per heavy atom. The van der Waals surface area contributed by atoms with Gasteiger partial charge in [-0.25, -0.2) is 4.39 Å². The molecule has 3 aromatic carbocycles. The number of aliphatic imine (C=N–C) groups is 1. The molecular weight excluding hydrogens is 531 g/mol. The zero-order chi connectivity index (χ0) is 29.7. The van der Waals surface area contributed by atoms with Crippen LogP contribution >= 0.6 is 0 Å². The molecule has 0 radical (unpaired) electrons. The summed E-state index contributed by atoms with van der Waals surface area (Å²) in [5, 5.41) is 6.43. The number of rotatable bonds is 12. The summed E-state index contributed by atoms with van der Waals surface area (Å²) in [6, 6.07) is 25.8. The van der Waals surface area contributed by atoms with E-state index in [-0.39, 0.29) is 35.6 Å². The first kappa shape index (κ1) is 30.5. The van der Waals surface area contributed by atoms with Crippen molar-refractivity contribution in [1.29, 1.82) is 0 Å². The third kappa shape index (κ3) is 9.27. The Morgan fingerprint density at radius 3 is 2.29 bits per heavy atom. The lowest BCUT2D eigenvalue weighted by Crippen LogP contribution is -2.49. The van der Waals surface area contributed by atoms with Crippen LogP contribution in [0.3, 0.4) is 0 Å². The average Bonchev–Trinajstić information content (AvgIpc) is 3.15. The summed E-state index contributed by atoms with van der Waals surface area (Å²) in [6.07, 6.45) is 4.94. The lowest BCUT2D eigenvalue weighted by atomic mass is 9.90. The summed E-state index contributed by atoms with van der Waals surface area (Å²) >= 11 is 0. The number of nitrogens with zero attached hydrogens (tertiary/aromatic N) is 2. The predicted octanol–water partition coefficient (Wildman–Crippen LogP) is 3.40. The molecule has 0 aliphatic carbocycles. The van der Waals surface area contributed by atoms with E-state index in [2.05, 4.69) is 39.9 Å². The van der Waals surface area contributed by atoms with E-state index in [0.29, 0.717) is 45.4 Å². The van der Waals surface area contributed by atoms with E-state index < -0.39 is 6.04 Å². The molecule has 2 amide bonds. The molecule has 0 saturated carbocycles. The molecule has 1 heterocycles. The van der Waals surface area contributed by atoms with Crippen LogP contribution in [0.2, 0.25) is 0 Å². The van der Waals surface area contributed by atoms with Gasteiger partial charge < -0.3 is 27.0 Å². The highest BCUT2D eigenvalue weighted by molar-refractivity contribution is 5.91. The van der Waals surface area contributed by atoms with Gasteiger partial charge in [-0.15, -0.1) is 0 Å². The van der Waals surface area contributed by atoms with Gasteiger partial charge in [0.15, 0.2) is 5.96 Å². The number of guanidine groups is 1. The SMILES string of the molecule is NC(N)=NCCC[C@@H]1N[C@H](CNC(=O)C=Cc2ccc(F)cc2)CCN(CC(c2ccccc2)c2ccccc2)C1=O. The van der Waals surface area contributed by atoms with Gasteiger partial charge in [0.25, 0.3) is 0 Å². The van der Waals surface area contributed by atoms with Gasteiger partial charge in [0.2, 0.25) is 11.8 Å². The standard InChI is InChI=1S/C33H39FN6O2/c34-27-16-13-24(14-17-27)15-18-31(41)38-22-28-19-21-40(32(42)30(39-28)12-7-20-37-33(35)36)23-29(25-8-3-1-4-9-25)26-10-5-2-6-11-26/h1-6,8-11,13-18,28-30,39H,7,12,19-23H2,(H,38,41)(H4,35,36,37)/t28-,30-/m0/s1. The molecule has 0 spiro atoms. The minimum Gasteiger partial charge on any atom is -0.370 e. The van der Waals surface area contributed by atoms with Crippen molar-refractivity contribution in [1.82, 2.24) is 15.5 Å². The Balaban J connectivity index is 1.46. The fourth-order valence-electron chi connectivity index (χ4n) is 5.16. The Hall–Kier alpha value is -4.50. The van der Waals surface area contributed by atoms with Crippen LogP contribution in [0, 0.1) is 5.82 Å². The number of carbonyl (C=O) groups excluding carboxylic acids is 2. The lowest BCUT2D eigenvalue weighted by molar-refractivity contribution is -0.133. The topological polar surface area (TPSA) is 126 Å². The molecule has 2 atom stereocenters. The molecule has 0 bridgehead atoms. The predicted molar refractivity (Wildman–Crippen MR) is 165 cm³/mol. The monoisotopic (exact) mass is 570 g/mol. The number of hydrogen-bond donors (Lipinski definition) is 4. The van der Waals surface area contributed by atoms with Crippen molar-refractivity contribution >= 4 is 23.8 Å². The Kier molecular flexibility index (Phi) is 11.2. The summed E-state index contributed by atoms with van der Waals surface area (Å²) in [5.41, 5.74) is 14.0. The third-order valence-corrected chi connectivity index (χ3v) is 7.37. The largest absolute Gasteiger partial charge is 0.370 e. The van der Waals surface area contributed by atoms with Gasteiger partial charge in [0, 0.05) is 44.2 Å². The van der Waals surface area contributed by atoms with Gasteiger partial charge in [-0.2, -0.15) is 0 Å². The first-order valence-corrected chi connectivity index (χ1v) is 14.3. The van der Waals surface area contributed by atoms with Crippen molar-refractivity contribution in [3.63, 3.8) is 0 Å². The smallest absolute Gasteiger partial charge is 0.244 e. The average molecular weight is 571 g/mol. The quantitative estimate of drug-likeness (QED) is 0.115. The number of benzene rings is 3. The molecule has 4 rings (SSSR count). The molecule has 1 aliphatic heterocycles. The van der Waals surface area contributed by atoms with Gasteiger partial charge in [-0.05, 0) is 54.2 Å². The molecule has 0 aromatic heterocycles. The second-order valence-electron chi connectivity index (χ2n) is 10.4. The van der Waals surface area contributed by atoms with Gasteiger partial charge in [-0.1, -0.05) is 72.8 Å². The van der Waals surface area contributed by atoms with E-state index >= 15 is 0 Å². The van der Waals surface area contributed by atoms with E-state index in [1.807, 2.05) is 41.3 Å². The van der Waals surface area contributed by atoms with E-state index in [4.69, 9.17) is 11.5 Å². The van der Waals surface area contributed by atoms with Crippen LogP contribution in [0.4, 0.5) is 4.39 Å². The minimum atomic E-state index is -0.439. The highest BCUT2D eigenvalue weighted by Gasteiger charge is 2.32. The minimum absolute atomic E-state index is 0.0199. The van der Waals surface area contributed by atoms with Gasteiger partial charge >= 0.3 is 0 Å². The molecule has 3 aromatic rings. The zero-order valence-electron chi connectivity index (χ0n) is 23.7. The van der Waals surface area contributed by atoms with Crippen molar-refractivity contribution in [3.05, 3.63) is 114 Å². The fraction of sp³-hybridized carbons (Fsp3) is 0.303. The van der Waals surface area contributed by atoms with E-state index in [1.54, 1.807) is 18.2 Å². The first-order valence-electron chi connectivity index (χ1n) is 14.3. The number of nitrogens with two attached hydrogens (primary N) is 2. The van der Waals surface area contributed by atoms with Crippen LogP contribution in [0.25, 0.3) is 6.08 Å². The highest BCUT2D eigenvalue weighted by Crippen LogP contribution is 2.27. The van der Waals surface area contributed by atoms with E-state index in [9.17, 15) is 14.0 Å². The third-order valence-electron chi connectivity index (χ3n) is 7.37. The van der Waals surface area contributed by atoms with Crippen LogP contribution in [0.5, 0.6) is 0 Å². The molecule has 9 heteroatoms. The lowest BCUT2D eigenvalue weighted by Gasteiger charge is -2.29. The fourth-order valence-corrected chi connectivity index (χ4v) is 5.16. The second kappa shape index (κ2) is 15.5. The number of amides is 2. The molecule has 42 heavy (non-hydrogen) atoms. The van der Waals surface area contributed by atoms with Crippen molar-refractivity contribution in [2.75, 3.05) is 26.2 Å². The van der Waals surface area contributed by atoms with Crippen LogP contribution in [0.15, 0.2) is 96.0 Å².